The molecule has 11 nitrogen and oxygen atoms in total. The monoisotopic (exact) mass is 564 g/mol. The first-order valence-electron chi connectivity index (χ1n) is 13.6. The third-order valence-electron chi connectivity index (χ3n) is 5.68. The van der Waals surface area contributed by atoms with Crippen LogP contribution < -0.4 is 0 Å². The Balaban J connectivity index is 3.08. The zero-order chi connectivity index (χ0) is 27.6. The Morgan fingerprint density at radius 3 is 1.51 bits per heavy atom. The number of nitro groups is 1. The maximum absolute atomic E-state index is 11.6. The van der Waals surface area contributed by atoms with Crippen LogP contribution in [0.1, 0.15) is 66.2 Å². The van der Waals surface area contributed by atoms with Crippen LogP contribution in [0.2, 0.25) is 12.1 Å². The van der Waals surface area contributed by atoms with E-state index in [1.165, 1.54) is 0 Å². The van der Waals surface area contributed by atoms with Crippen LogP contribution in [0.5, 0.6) is 0 Å². The fourth-order valence-corrected chi connectivity index (χ4v) is 9.62. The molecule has 0 amide bonds. The predicted molar refractivity (Wildman–Crippen MR) is 145 cm³/mol. The van der Waals surface area contributed by atoms with Gasteiger partial charge in [0.25, 0.3) is 0 Å². The molecule has 1 unspecified atom stereocenters. The van der Waals surface area contributed by atoms with E-state index in [4.69, 9.17) is 31.0 Å². The molecule has 0 spiro atoms. The van der Waals surface area contributed by atoms with Crippen molar-refractivity contribution < 1.29 is 35.9 Å². The molecule has 37 heavy (non-hydrogen) atoms. The van der Waals surface area contributed by atoms with Crippen molar-refractivity contribution in [1.82, 2.24) is 4.90 Å². The number of rotatable bonds is 24. The fraction of sp³-hybridized carbons (Fsp3) is 0.833. The van der Waals surface area contributed by atoms with Crippen LogP contribution in [0.3, 0.4) is 0 Å². The third kappa shape index (κ3) is 12.0. The van der Waals surface area contributed by atoms with Gasteiger partial charge in [0, 0.05) is 56.7 Å². The fourth-order valence-electron chi connectivity index (χ4n) is 4.43. The largest absolute Gasteiger partial charge is 0.500 e. The number of hydrogen-bond acceptors (Lipinski definition) is 10. The Labute approximate surface area is 224 Å². The van der Waals surface area contributed by atoms with Crippen LogP contribution >= 0.6 is 0 Å². The number of furan rings is 1. The molecule has 1 heterocycles. The topological polar surface area (TPSA) is 115 Å². The lowest BCUT2D eigenvalue weighted by Gasteiger charge is -2.32. The molecule has 1 aromatic rings. The Hall–Kier alpha value is -1.17. The summed E-state index contributed by atoms with van der Waals surface area (Å²) < 4.78 is 41.6. The van der Waals surface area contributed by atoms with E-state index in [1.54, 1.807) is 18.4 Å². The Bertz CT molecular complexity index is 646. The molecule has 0 aliphatic heterocycles. The molecule has 0 saturated heterocycles. The van der Waals surface area contributed by atoms with Crippen molar-refractivity contribution in [3.8, 4) is 0 Å². The van der Waals surface area contributed by atoms with E-state index in [1.807, 2.05) is 41.5 Å². The smallest absolute Gasteiger partial charge is 0.467 e. The van der Waals surface area contributed by atoms with Crippen molar-refractivity contribution in [2.75, 3.05) is 59.3 Å². The molecule has 1 aromatic heterocycles. The molecule has 0 N–H and O–H groups in total. The summed E-state index contributed by atoms with van der Waals surface area (Å²) in [6.07, 6.45) is 2.95. The summed E-state index contributed by atoms with van der Waals surface area (Å²) in [5, 5.41) is 11.6. The zero-order valence-corrected chi connectivity index (χ0v) is 25.6. The molecular formula is C24H48N2O9Si2. The summed E-state index contributed by atoms with van der Waals surface area (Å²) in [6.45, 7) is 15.5. The van der Waals surface area contributed by atoms with Gasteiger partial charge in [-0.2, -0.15) is 0 Å². The van der Waals surface area contributed by atoms with Crippen LogP contribution in [0, 0.1) is 10.1 Å². The second-order valence-electron chi connectivity index (χ2n) is 8.25. The second-order valence-corrected chi connectivity index (χ2v) is 13.7. The first kappa shape index (κ1) is 33.9. The van der Waals surface area contributed by atoms with Gasteiger partial charge in [0.15, 0.2) is 0 Å². The van der Waals surface area contributed by atoms with E-state index in [0.29, 0.717) is 83.4 Å². The standard InChI is InChI=1S/C24H48N2O9Si2/c1-7-30-36(31-8-2,32-9-3)20-14-17-25(23(22-26(27)28)24-16-13-19-29-24)18-15-21-37(33-10-4,34-11-5)35-12-6/h13,16,19,23H,7-12,14-15,17-18,20-22H2,1-6H3. The molecule has 0 saturated carbocycles. The van der Waals surface area contributed by atoms with E-state index in [-0.39, 0.29) is 11.5 Å². The highest BCUT2D eigenvalue weighted by Gasteiger charge is 2.42. The van der Waals surface area contributed by atoms with E-state index in [0.717, 1.165) is 0 Å². The quantitative estimate of drug-likeness (QED) is 0.0987. The van der Waals surface area contributed by atoms with E-state index in [9.17, 15) is 10.1 Å². The molecule has 13 heteroatoms. The van der Waals surface area contributed by atoms with Crippen molar-refractivity contribution in [3.05, 3.63) is 34.3 Å². The summed E-state index contributed by atoms with van der Waals surface area (Å²) in [7, 11) is -5.65. The third-order valence-corrected chi connectivity index (χ3v) is 12.0. The molecule has 0 fully saturated rings. The van der Waals surface area contributed by atoms with Crippen LogP contribution in [-0.2, 0) is 26.6 Å². The van der Waals surface area contributed by atoms with E-state index >= 15 is 0 Å². The van der Waals surface area contributed by atoms with Gasteiger partial charge in [-0.1, -0.05) is 0 Å². The van der Waals surface area contributed by atoms with Crippen LogP contribution in [0.15, 0.2) is 22.8 Å². The van der Waals surface area contributed by atoms with Crippen molar-refractivity contribution in [1.29, 1.82) is 0 Å². The van der Waals surface area contributed by atoms with Gasteiger partial charge in [-0.3, -0.25) is 15.0 Å². The van der Waals surface area contributed by atoms with Gasteiger partial charge in [-0.05, 0) is 79.6 Å². The van der Waals surface area contributed by atoms with Gasteiger partial charge in [0.05, 0.1) is 6.26 Å². The van der Waals surface area contributed by atoms with Crippen molar-refractivity contribution in [3.63, 3.8) is 0 Å². The van der Waals surface area contributed by atoms with Gasteiger partial charge in [-0.25, -0.2) is 0 Å². The second kappa shape index (κ2) is 19.0. The molecular weight excluding hydrogens is 516 g/mol. The highest BCUT2D eigenvalue weighted by Crippen LogP contribution is 2.26. The van der Waals surface area contributed by atoms with E-state index < -0.39 is 23.7 Å². The van der Waals surface area contributed by atoms with Gasteiger partial charge < -0.3 is 31.0 Å². The normalized spacial score (nSPS) is 13.4. The number of nitrogens with zero attached hydrogens (tertiary/aromatic N) is 2. The maximum atomic E-state index is 11.6. The van der Waals surface area contributed by atoms with Crippen molar-refractivity contribution in [2.45, 2.75) is 72.5 Å². The van der Waals surface area contributed by atoms with Crippen LogP contribution in [-0.4, -0.2) is 86.7 Å². The lowest BCUT2D eigenvalue weighted by molar-refractivity contribution is -0.488. The Morgan fingerprint density at radius 2 is 1.22 bits per heavy atom. The first-order chi connectivity index (χ1) is 17.8. The summed E-state index contributed by atoms with van der Waals surface area (Å²) in [4.78, 5) is 13.4. The molecule has 1 rings (SSSR count). The summed E-state index contributed by atoms with van der Waals surface area (Å²) in [6, 6.07) is 4.29. The molecule has 0 bridgehead atoms. The van der Waals surface area contributed by atoms with Gasteiger partial charge in [-0.15, -0.1) is 0 Å². The SMILES string of the molecule is CCO[Si](CCCN(CCC[Si](OCC)(OCC)OCC)C(C[N+](=O)[O-])c1ccco1)(OCC)OCC. The van der Waals surface area contributed by atoms with Crippen LogP contribution in [0.4, 0.5) is 0 Å². The van der Waals surface area contributed by atoms with E-state index in [2.05, 4.69) is 4.90 Å². The van der Waals surface area contributed by atoms with Gasteiger partial charge >= 0.3 is 17.6 Å². The van der Waals surface area contributed by atoms with Gasteiger partial charge in [0.2, 0.25) is 6.54 Å². The summed E-state index contributed by atoms with van der Waals surface area (Å²) in [5.74, 6) is 0.572. The molecule has 0 aliphatic rings. The maximum Gasteiger partial charge on any atom is 0.500 e. The Morgan fingerprint density at radius 1 is 0.811 bits per heavy atom. The predicted octanol–water partition coefficient (Wildman–Crippen LogP) is 4.78. The Kier molecular flexibility index (Phi) is 17.4. The van der Waals surface area contributed by atoms with Crippen molar-refractivity contribution in [2.24, 2.45) is 0 Å². The summed E-state index contributed by atoms with van der Waals surface area (Å²) in [5.41, 5.74) is 0. The highest BCUT2D eigenvalue weighted by atomic mass is 28.4. The zero-order valence-electron chi connectivity index (χ0n) is 23.6. The molecule has 1 atom stereocenters. The minimum Gasteiger partial charge on any atom is -0.467 e. The molecule has 0 aliphatic carbocycles. The molecule has 0 radical (unpaired) electrons. The molecule has 0 aromatic carbocycles. The lowest BCUT2D eigenvalue weighted by atomic mass is 10.1. The van der Waals surface area contributed by atoms with Crippen molar-refractivity contribution >= 4 is 17.6 Å². The minimum absolute atomic E-state index is 0.260. The number of hydrogen-bond donors (Lipinski definition) is 0. The minimum atomic E-state index is -2.83. The first-order valence-corrected chi connectivity index (χ1v) is 17.4. The van der Waals surface area contributed by atoms with Crippen LogP contribution in [0.25, 0.3) is 0 Å². The van der Waals surface area contributed by atoms with Gasteiger partial charge in [0.1, 0.15) is 11.8 Å². The lowest BCUT2D eigenvalue weighted by Crippen LogP contribution is -2.47. The highest BCUT2D eigenvalue weighted by molar-refractivity contribution is 6.61. The average Bonchev–Trinajstić information content (AvgIpc) is 3.37. The summed E-state index contributed by atoms with van der Waals surface area (Å²) >= 11 is 0. The average molecular weight is 565 g/mol. The molecule has 216 valence electrons.